The highest BCUT2D eigenvalue weighted by Crippen LogP contribution is 2.07. The summed E-state index contributed by atoms with van der Waals surface area (Å²) in [6.07, 6.45) is 1.07. The number of benzene rings is 1. The van der Waals surface area contributed by atoms with Crippen molar-refractivity contribution in [2.45, 2.75) is 13.3 Å². The van der Waals surface area contributed by atoms with E-state index >= 15 is 0 Å². The molecule has 0 amide bonds. The van der Waals surface area contributed by atoms with Crippen LogP contribution in [0.2, 0.25) is 0 Å². The van der Waals surface area contributed by atoms with Crippen molar-refractivity contribution in [2.24, 2.45) is 4.99 Å². The molecule has 142 valence electrons. The summed E-state index contributed by atoms with van der Waals surface area (Å²) in [6, 6.07) is 9.86. The van der Waals surface area contributed by atoms with Crippen molar-refractivity contribution >= 4 is 29.9 Å². The van der Waals surface area contributed by atoms with Crippen LogP contribution in [0.3, 0.4) is 0 Å². The Labute approximate surface area is 168 Å². The molecule has 6 nitrogen and oxygen atoms in total. The van der Waals surface area contributed by atoms with E-state index < -0.39 is 0 Å². The summed E-state index contributed by atoms with van der Waals surface area (Å²) in [7, 11) is 0. The van der Waals surface area contributed by atoms with Crippen molar-refractivity contribution in [1.29, 1.82) is 0 Å². The van der Waals surface area contributed by atoms with E-state index in [0.717, 1.165) is 70.6 Å². The van der Waals surface area contributed by atoms with Crippen LogP contribution < -0.4 is 15.4 Å². The molecular weight excluding hydrogens is 431 g/mol. The van der Waals surface area contributed by atoms with Gasteiger partial charge in [-0.3, -0.25) is 9.89 Å². The average Bonchev–Trinajstić information content (AvgIpc) is 2.64. The zero-order valence-electron chi connectivity index (χ0n) is 15.1. The molecule has 0 atom stereocenters. The van der Waals surface area contributed by atoms with Gasteiger partial charge in [0.15, 0.2) is 5.96 Å². The van der Waals surface area contributed by atoms with Crippen LogP contribution in [0.1, 0.15) is 13.3 Å². The van der Waals surface area contributed by atoms with Gasteiger partial charge in [0, 0.05) is 32.7 Å². The number of ether oxygens (including phenoxy) is 2. The largest absolute Gasteiger partial charge is 0.492 e. The molecule has 1 aliphatic rings. The van der Waals surface area contributed by atoms with Gasteiger partial charge in [-0.1, -0.05) is 18.2 Å². The van der Waals surface area contributed by atoms with E-state index in [0.29, 0.717) is 6.61 Å². The zero-order valence-corrected chi connectivity index (χ0v) is 17.4. The summed E-state index contributed by atoms with van der Waals surface area (Å²) in [5.74, 6) is 1.75. The van der Waals surface area contributed by atoms with Gasteiger partial charge < -0.3 is 20.1 Å². The maximum absolute atomic E-state index is 5.68. The number of rotatable bonds is 9. The summed E-state index contributed by atoms with van der Waals surface area (Å²) in [4.78, 5) is 7.06. The van der Waals surface area contributed by atoms with Gasteiger partial charge >= 0.3 is 0 Å². The molecule has 2 rings (SSSR count). The number of para-hydroxylation sites is 1. The van der Waals surface area contributed by atoms with Crippen molar-refractivity contribution in [3.63, 3.8) is 0 Å². The first-order valence-corrected chi connectivity index (χ1v) is 8.88. The van der Waals surface area contributed by atoms with Crippen LogP contribution in [0.15, 0.2) is 35.3 Å². The number of aliphatic imine (C=N–C) groups is 1. The molecule has 1 aliphatic heterocycles. The van der Waals surface area contributed by atoms with Gasteiger partial charge in [-0.25, -0.2) is 0 Å². The number of nitrogens with zero attached hydrogens (tertiary/aromatic N) is 2. The third-order valence-electron chi connectivity index (χ3n) is 3.76. The summed E-state index contributed by atoms with van der Waals surface area (Å²) in [5.41, 5.74) is 0. The van der Waals surface area contributed by atoms with Crippen molar-refractivity contribution in [3.05, 3.63) is 30.3 Å². The van der Waals surface area contributed by atoms with Gasteiger partial charge in [-0.2, -0.15) is 0 Å². The minimum Gasteiger partial charge on any atom is -0.492 e. The smallest absolute Gasteiger partial charge is 0.191 e. The number of guanidine groups is 1. The molecule has 1 aromatic carbocycles. The van der Waals surface area contributed by atoms with Crippen molar-refractivity contribution in [1.82, 2.24) is 15.5 Å². The molecular formula is C18H31IN4O2. The Morgan fingerprint density at radius 2 is 1.96 bits per heavy atom. The molecule has 0 unspecified atom stereocenters. The molecule has 0 saturated carbocycles. The van der Waals surface area contributed by atoms with Crippen LogP contribution in [0.4, 0.5) is 0 Å². The second kappa shape index (κ2) is 14.1. The Bertz CT molecular complexity index is 467. The molecule has 1 saturated heterocycles. The predicted molar refractivity (Wildman–Crippen MR) is 113 cm³/mol. The fourth-order valence-electron chi connectivity index (χ4n) is 2.51. The first-order valence-electron chi connectivity index (χ1n) is 8.88. The fourth-order valence-corrected chi connectivity index (χ4v) is 2.51. The Morgan fingerprint density at radius 1 is 1.20 bits per heavy atom. The monoisotopic (exact) mass is 462 g/mol. The van der Waals surface area contributed by atoms with Crippen LogP contribution in [0.5, 0.6) is 5.75 Å². The molecule has 2 N–H and O–H groups in total. The number of halogens is 1. The van der Waals surface area contributed by atoms with Gasteiger partial charge in [0.05, 0.1) is 19.8 Å². The van der Waals surface area contributed by atoms with E-state index in [2.05, 4.69) is 27.4 Å². The highest BCUT2D eigenvalue weighted by Gasteiger charge is 2.08. The number of hydrogen-bond acceptors (Lipinski definition) is 4. The van der Waals surface area contributed by atoms with Crippen LogP contribution in [-0.4, -0.2) is 69.9 Å². The van der Waals surface area contributed by atoms with E-state index in [1.807, 2.05) is 30.3 Å². The molecule has 1 aromatic rings. The van der Waals surface area contributed by atoms with Crippen LogP contribution in [0.25, 0.3) is 0 Å². The molecule has 0 aliphatic carbocycles. The maximum Gasteiger partial charge on any atom is 0.191 e. The first kappa shape index (κ1) is 22.0. The fraction of sp³-hybridized carbons (Fsp3) is 0.611. The molecule has 0 spiro atoms. The second-order valence-corrected chi connectivity index (χ2v) is 5.66. The molecule has 0 radical (unpaired) electrons. The van der Waals surface area contributed by atoms with E-state index in [-0.39, 0.29) is 24.0 Å². The van der Waals surface area contributed by atoms with E-state index in [1.54, 1.807) is 0 Å². The normalized spacial score (nSPS) is 15.3. The average molecular weight is 462 g/mol. The van der Waals surface area contributed by atoms with Crippen LogP contribution in [-0.2, 0) is 4.74 Å². The molecule has 0 bridgehead atoms. The lowest BCUT2D eigenvalue weighted by Crippen LogP contribution is -2.39. The molecule has 7 heteroatoms. The van der Waals surface area contributed by atoms with E-state index in [9.17, 15) is 0 Å². The third kappa shape index (κ3) is 9.86. The standard InChI is InChI=1S/C18H30N4O2.HI/c1-2-19-18(20-9-6-11-22-12-15-23-16-13-22)21-10-14-24-17-7-4-3-5-8-17;/h3-5,7-8H,2,6,9-16H2,1H3,(H2,19,20,21);1H. The minimum absolute atomic E-state index is 0. The number of morpholine rings is 1. The van der Waals surface area contributed by atoms with Gasteiger partial charge in [0.25, 0.3) is 0 Å². The second-order valence-electron chi connectivity index (χ2n) is 5.66. The quantitative estimate of drug-likeness (QED) is 0.255. The lowest BCUT2D eigenvalue weighted by atomic mass is 10.3. The summed E-state index contributed by atoms with van der Waals surface area (Å²) in [5, 5.41) is 6.58. The minimum atomic E-state index is 0. The number of hydrogen-bond donors (Lipinski definition) is 2. The highest BCUT2D eigenvalue weighted by atomic mass is 127. The van der Waals surface area contributed by atoms with E-state index in [4.69, 9.17) is 9.47 Å². The lowest BCUT2D eigenvalue weighted by Gasteiger charge is -2.26. The zero-order chi connectivity index (χ0) is 16.9. The maximum atomic E-state index is 5.68. The Balaban J connectivity index is 0.00000312. The molecule has 0 aromatic heterocycles. The van der Waals surface area contributed by atoms with Gasteiger partial charge in [0.2, 0.25) is 0 Å². The SMILES string of the molecule is CCNC(=NCCCN1CCOCC1)NCCOc1ccccc1.I. The molecule has 1 fully saturated rings. The number of nitrogens with one attached hydrogen (secondary N) is 2. The van der Waals surface area contributed by atoms with E-state index in [1.165, 1.54) is 0 Å². The Morgan fingerprint density at radius 3 is 2.68 bits per heavy atom. The van der Waals surface area contributed by atoms with Crippen LogP contribution >= 0.6 is 24.0 Å². The van der Waals surface area contributed by atoms with Crippen molar-refractivity contribution in [2.75, 3.05) is 59.1 Å². The van der Waals surface area contributed by atoms with Gasteiger partial charge in [0.1, 0.15) is 12.4 Å². The summed E-state index contributed by atoms with van der Waals surface area (Å²) in [6.45, 7) is 9.98. The van der Waals surface area contributed by atoms with Crippen molar-refractivity contribution in [3.8, 4) is 5.75 Å². The Kier molecular flexibility index (Phi) is 12.4. The Hall–Kier alpha value is -1.06. The van der Waals surface area contributed by atoms with Gasteiger partial charge in [-0.05, 0) is 25.5 Å². The van der Waals surface area contributed by atoms with Crippen LogP contribution in [0, 0.1) is 0 Å². The summed E-state index contributed by atoms with van der Waals surface area (Å²) < 4.78 is 11.0. The first-order chi connectivity index (χ1) is 11.9. The highest BCUT2D eigenvalue weighted by molar-refractivity contribution is 14.0. The molecule has 1 heterocycles. The predicted octanol–water partition coefficient (Wildman–Crippen LogP) is 1.96. The summed E-state index contributed by atoms with van der Waals surface area (Å²) >= 11 is 0. The third-order valence-corrected chi connectivity index (χ3v) is 3.76. The van der Waals surface area contributed by atoms with Gasteiger partial charge in [-0.15, -0.1) is 24.0 Å². The van der Waals surface area contributed by atoms with Crippen molar-refractivity contribution < 1.29 is 9.47 Å². The lowest BCUT2D eigenvalue weighted by molar-refractivity contribution is 0.0377. The molecule has 25 heavy (non-hydrogen) atoms. The topological polar surface area (TPSA) is 58.1 Å².